The highest BCUT2D eigenvalue weighted by atomic mass is 16.6. The number of aryl methyl sites for hydroxylation is 1. The van der Waals surface area contributed by atoms with E-state index in [-0.39, 0.29) is 12.0 Å². The van der Waals surface area contributed by atoms with Crippen molar-refractivity contribution in [1.82, 2.24) is 9.80 Å². The topological polar surface area (TPSA) is 100 Å². The van der Waals surface area contributed by atoms with E-state index < -0.39 is 5.60 Å². The van der Waals surface area contributed by atoms with Crippen LogP contribution in [0.1, 0.15) is 38.3 Å². The maximum atomic E-state index is 12.2. The molecule has 3 N–H and O–H groups in total. The Balaban J connectivity index is 1.58. The van der Waals surface area contributed by atoms with Crippen LogP contribution in [0, 0.1) is 0 Å². The van der Waals surface area contributed by atoms with Crippen LogP contribution in [0.15, 0.2) is 23.3 Å². The first-order valence-electron chi connectivity index (χ1n) is 9.65. The highest BCUT2D eigenvalue weighted by molar-refractivity contribution is 6.03. The Bertz CT molecular complexity index is 777. The number of nitrogens with one attached hydrogen (secondary N) is 1. The molecule has 3 rings (SSSR count). The van der Waals surface area contributed by atoms with Gasteiger partial charge in [0, 0.05) is 44.8 Å². The zero-order valence-corrected chi connectivity index (χ0v) is 16.8. The number of carbonyl (C=O) groups excluding carboxylic acids is 2. The molecule has 0 spiro atoms. The van der Waals surface area contributed by atoms with E-state index in [4.69, 9.17) is 10.6 Å². The number of nitrogens with two attached hydrogens (primary N) is 1. The highest BCUT2D eigenvalue weighted by Crippen LogP contribution is 2.24. The maximum absolute atomic E-state index is 12.2. The first kappa shape index (κ1) is 20.1. The number of ether oxygens (including phenoxy) is 1. The van der Waals surface area contributed by atoms with Crippen LogP contribution in [0.3, 0.4) is 0 Å². The van der Waals surface area contributed by atoms with Gasteiger partial charge in [-0.25, -0.2) is 4.79 Å². The molecule has 2 aliphatic heterocycles. The first-order chi connectivity index (χ1) is 13.2. The van der Waals surface area contributed by atoms with Crippen LogP contribution >= 0.6 is 0 Å². The lowest BCUT2D eigenvalue weighted by atomic mass is 9.98. The normalized spacial score (nSPS) is 18.5. The van der Waals surface area contributed by atoms with Crippen molar-refractivity contribution in [2.24, 2.45) is 10.9 Å². The fourth-order valence-corrected chi connectivity index (χ4v) is 3.40. The minimum absolute atomic E-state index is 0.0517. The number of nitrogens with zero attached hydrogens (tertiary/aromatic N) is 3. The molecule has 152 valence electrons. The number of hydrogen-bond acceptors (Lipinski definition) is 6. The van der Waals surface area contributed by atoms with Crippen molar-refractivity contribution in [2.75, 3.05) is 38.0 Å². The van der Waals surface area contributed by atoms with Gasteiger partial charge in [0.15, 0.2) is 0 Å². The van der Waals surface area contributed by atoms with E-state index >= 15 is 0 Å². The fourth-order valence-electron chi connectivity index (χ4n) is 3.40. The molecule has 1 saturated heterocycles. The summed E-state index contributed by atoms with van der Waals surface area (Å²) in [6.45, 7) is 8.92. The van der Waals surface area contributed by atoms with Crippen molar-refractivity contribution >= 4 is 23.4 Å². The maximum Gasteiger partial charge on any atom is 0.410 e. The van der Waals surface area contributed by atoms with Crippen molar-refractivity contribution in [1.29, 1.82) is 0 Å². The summed E-state index contributed by atoms with van der Waals surface area (Å²) in [6.07, 6.45) is 0.955. The number of piperazine rings is 1. The number of hydrogen-bond donors (Lipinski definition) is 2. The Morgan fingerprint density at radius 3 is 2.57 bits per heavy atom. The van der Waals surface area contributed by atoms with E-state index in [0.717, 1.165) is 42.0 Å². The van der Waals surface area contributed by atoms with E-state index in [9.17, 15) is 9.59 Å². The van der Waals surface area contributed by atoms with Crippen LogP contribution in [0.2, 0.25) is 0 Å². The SMILES string of the molecule is CC(C)(C)OC(=O)N1CCN(C/C(=N/N)c2ccc3c(c2)CCC(=O)N3)CC1. The van der Waals surface area contributed by atoms with Crippen LogP contribution in [0.4, 0.5) is 10.5 Å². The monoisotopic (exact) mass is 387 g/mol. The van der Waals surface area contributed by atoms with Gasteiger partial charge in [-0.2, -0.15) is 5.10 Å². The second-order valence-corrected chi connectivity index (χ2v) is 8.24. The molecular formula is C20H29N5O3. The van der Waals surface area contributed by atoms with Gasteiger partial charge in [-0.05, 0) is 50.5 Å². The Kier molecular flexibility index (Phi) is 5.88. The van der Waals surface area contributed by atoms with Crippen LogP contribution < -0.4 is 11.2 Å². The Labute approximate surface area is 165 Å². The van der Waals surface area contributed by atoms with Gasteiger partial charge in [-0.1, -0.05) is 6.07 Å². The molecule has 2 aliphatic rings. The third kappa shape index (κ3) is 5.01. The molecule has 0 aromatic heterocycles. The van der Waals surface area contributed by atoms with Crippen molar-refractivity contribution in [2.45, 2.75) is 39.2 Å². The molecule has 0 atom stereocenters. The molecule has 2 amide bonds. The molecule has 0 aliphatic carbocycles. The molecule has 28 heavy (non-hydrogen) atoms. The third-order valence-electron chi connectivity index (χ3n) is 4.89. The second kappa shape index (κ2) is 8.18. The van der Waals surface area contributed by atoms with Gasteiger partial charge in [0.2, 0.25) is 5.91 Å². The molecular weight excluding hydrogens is 358 g/mol. The van der Waals surface area contributed by atoms with E-state index in [2.05, 4.69) is 21.4 Å². The lowest BCUT2D eigenvalue weighted by molar-refractivity contribution is -0.116. The number of anilines is 1. The molecule has 0 bridgehead atoms. The van der Waals surface area contributed by atoms with Crippen molar-refractivity contribution in [3.05, 3.63) is 29.3 Å². The highest BCUT2D eigenvalue weighted by Gasteiger charge is 2.26. The van der Waals surface area contributed by atoms with Gasteiger partial charge in [0.25, 0.3) is 0 Å². The lowest BCUT2D eigenvalue weighted by Crippen LogP contribution is -2.51. The van der Waals surface area contributed by atoms with Gasteiger partial charge in [0.1, 0.15) is 5.60 Å². The van der Waals surface area contributed by atoms with E-state index in [1.54, 1.807) is 4.90 Å². The summed E-state index contributed by atoms with van der Waals surface area (Å²) < 4.78 is 5.44. The van der Waals surface area contributed by atoms with Gasteiger partial charge in [-0.3, -0.25) is 9.69 Å². The molecule has 8 heteroatoms. The average molecular weight is 387 g/mol. The quantitative estimate of drug-likeness (QED) is 0.468. The third-order valence-corrected chi connectivity index (χ3v) is 4.89. The van der Waals surface area contributed by atoms with Crippen LogP contribution in [-0.4, -0.2) is 65.8 Å². The number of carbonyl (C=O) groups is 2. The average Bonchev–Trinajstić information content (AvgIpc) is 2.65. The van der Waals surface area contributed by atoms with Crippen LogP contribution in [0.5, 0.6) is 0 Å². The van der Waals surface area contributed by atoms with Crippen molar-refractivity contribution in [3.63, 3.8) is 0 Å². The molecule has 2 heterocycles. The van der Waals surface area contributed by atoms with Crippen LogP contribution in [0.25, 0.3) is 0 Å². The van der Waals surface area contributed by atoms with Crippen LogP contribution in [-0.2, 0) is 16.0 Å². The van der Waals surface area contributed by atoms with E-state index in [0.29, 0.717) is 26.1 Å². The number of hydrazone groups is 1. The molecule has 0 saturated carbocycles. The summed E-state index contributed by atoms with van der Waals surface area (Å²) in [4.78, 5) is 27.7. The summed E-state index contributed by atoms with van der Waals surface area (Å²) in [5.41, 5.74) is 3.24. The predicted octanol–water partition coefficient (Wildman–Crippen LogP) is 1.79. The number of rotatable bonds is 3. The minimum atomic E-state index is -0.487. The summed E-state index contributed by atoms with van der Waals surface area (Å²) >= 11 is 0. The zero-order valence-electron chi connectivity index (χ0n) is 16.8. The van der Waals surface area contributed by atoms with E-state index in [1.807, 2.05) is 32.9 Å². The molecule has 1 aromatic rings. The van der Waals surface area contributed by atoms with Gasteiger partial charge in [-0.15, -0.1) is 0 Å². The number of amides is 2. The first-order valence-corrected chi connectivity index (χ1v) is 9.65. The molecule has 1 aromatic carbocycles. The lowest BCUT2D eigenvalue weighted by Gasteiger charge is -2.35. The largest absolute Gasteiger partial charge is 0.444 e. The molecule has 0 radical (unpaired) electrons. The summed E-state index contributed by atoms with van der Waals surface area (Å²) in [7, 11) is 0. The standard InChI is InChI=1S/C20H29N5O3/c1-20(2,3)28-19(27)25-10-8-24(9-11-25)13-17(23-21)15-4-6-16-14(12-15)5-7-18(26)22-16/h4,6,12H,5,7-11,13,21H2,1-3H3,(H,22,26)/b23-17-. The summed E-state index contributed by atoms with van der Waals surface area (Å²) in [6, 6.07) is 5.90. The molecule has 8 nitrogen and oxygen atoms in total. The minimum Gasteiger partial charge on any atom is -0.444 e. The van der Waals surface area contributed by atoms with Gasteiger partial charge in [0.05, 0.1) is 5.71 Å². The Morgan fingerprint density at radius 2 is 1.93 bits per heavy atom. The Morgan fingerprint density at radius 1 is 1.21 bits per heavy atom. The van der Waals surface area contributed by atoms with Crippen molar-refractivity contribution in [3.8, 4) is 0 Å². The predicted molar refractivity (Wildman–Crippen MR) is 108 cm³/mol. The zero-order chi connectivity index (χ0) is 20.3. The Hall–Kier alpha value is -2.61. The molecule has 0 unspecified atom stereocenters. The van der Waals surface area contributed by atoms with E-state index in [1.165, 1.54) is 0 Å². The van der Waals surface area contributed by atoms with Gasteiger partial charge < -0.3 is 20.8 Å². The summed E-state index contributed by atoms with van der Waals surface area (Å²) in [5, 5.41) is 6.89. The molecule has 1 fully saturated rings. The fraction of sp³-hybridized carbons (Fsp3) is 0.550. The second-order valence-electron chi connectivity index (χ2n) is 8.24. The number of fused-ring (bicyclic) bond motifs is 1. The smallest absolute Gasteiger partial charge is 0.410 e. The van der Waals surface area contributed by atoms with Gasteiger partial charge >= 0.3 is 6.09 Å². The summed E-state index contributed by atoms with van der Waals surface area (Å²) in [5.74, 6) is 5.72. The van der Waals surface area contributed by atoms with Crippen molar-refractivity contribution < 1.29 is 14.3 Å². The number of benzene rings is 1.